The monoisotopic (exact) mass is 779 g/mol. The fraction of sp³-hybridized carbons (Fsp3) is 0. The van der Waals surface area contributed by atoms with E-state index >= 15 is 0 Å². The van der Waals surface area contributed by atoms with Crippen molar-refractivity contribution in [2.75, 3.05) is 4.90 Å². The second-order valence-electron chi connectivity index (χ2n) is 15.6. The molecule has 2 aromatic heterocycles. The van der Waals surface area contributed by atoms with Crippen LogP contribution < -0.4 is 4.90 Å². The van der Waals surface area contributed by atoms with Crippen molar-refractivity contribution in [3.8, 4) is 44.5 Å². The summed E-state index contributed by atoms with van der Waals surface area (Å²) in [5.74, 6) is 0. The van der Waals surface area contributed by atoms with Gasteiger partial charge in [-0.25, -0.2) is 0 Å². The van der Waals surface area contributed by atoms with E-state index in [2.05, 4.69) is 217 Å². The highest BCUT2D eigenvalue weighted by Gasteiger charge is 2.23. The molecule has 0 aliphatic rings. The highest BCUT2D eigenvalue weighted by atomic mass is 16.3. The number of hydrogen-bond donors (Lipinski definition) is 0. The smallest absolute Gasteiger partial charge is 0.145 e. The molecule has 0 aliphatic carbocycles. The summed E-state index contributed by atoms with van der Waals surface area (Å²) >= 11 is 0. The molecule has 0 fully saturated rings. The van der Waals surface area contributed by atoms with E-state index in [4.69, 9.17) is 8.83 Å². The number of benzene rings is 10. The summed E-state index contributed by atoms with van der Waals surface area (Å²) in [5, 5.41) is 6.74. The lowest BCUT2D eigenvalue weighted by Gasteiger charge is -2.27. The Morgan fingerprint density at radius 2 is 0.918 bits per heavy atom. The Labute approximate surface area is 353 Å². The van der Waals surface area contributed by atoms with Crippen LogP contribution in [0.4, 0.5) is 17.1 Å². The van der Waals surface area contributed by atoms with Gasteiger partial charge in [0, 0.05) is 33.1 Å². The van der Waals surface area contributed by atoms with Crippen LogP contribution in [0.5, 0.6) is 0 Å². The van der Waals surface area contributed by atoms with Crippen molar-refractivity contribution in [1.29, 1.82) is 0 Å². The fourth-order valence-corrected chi connectivity index (χ4v) is 9.11. The molecule has 0 radical (unpaired) electrons. The molecule has 2 heterocycles. The summed E-state index contributed by atoms with van der Waals surface area (Å²) < 4.78 is 13.3. The van der Waals surface area contributed by atoms with E-state index in [1.165, 1.54) is 27.5 Å². The summed E-state index contributed by atoms with van der Waals surface area (Å²) in [6.45, 7) is 0. The van der Waals surface area contributed by atoms with E-state index in [0.29, 0.717) is 0 Å². The predicted molar refractivity (Wildman–Crippen MR) is 255 cm³/mol. The standard InChI is InChI=1S/C58H37NO2/c1-4-13-38(14-5-1)44-27-31-49-52-37-46(30-34-55(52)60-56(49)36-44)59(53-33-32-48(41-17-8-3-9-18-41)58-57(53)50-20-10-11-22-54(50)61-58)45-28-25-39(26-29-45)43-24-23-42-19-12-21-47(51(42)35-43)40-15-6-2-7-16-40/h1-37H. The van der Waals surface area contributed by atoms with Crippen molar-refractivity contribution in [3.63, 3.8) is 0 Å². The summed E-state index contributed by atoms with van der Waals surface area (Å²) in [7, 11) is 0. The Balaban J connectivity index is 1.04. The van der Waals surface area contributed by atoms with Gasteiger partial charge in [0.15, 0.2) is 0 Å². The van der Waals surface area contributed by atoms with E-state index in [1.54, 1.807) is 0 Å². The lowest BCUT2D eigenvalue weighted by molar-refractivity contribution is 0.669. The highest BCUT2D eigenvalue weighted by molar-refractivity contribution is 6.17. The van der Waals surface area contributed by atoms with E-state index < -0.39 is 0 Å². The fourth-order valence-electron chi connectivity index (χ4n) is 9.11. The molecule has 3 heteroatoms. The predicted octanol–water partition coefficient (Wildman–Crippen LogP) is 16.8. The summed E-state index contributed by atoms with van der Waals surface area (Å²) in [6, 6.07) is 79.8. The molecule has 0 aliphatic heterocycles. The minimum Gasteiger partial charge on any atom is -0.456 e. The molecule has 0 N–H and O–H groups in total. The van der Waals surface area contributed by atoms with E-state index in [0.717, 1.165) is 88.8 Å². The third-order valence-corrected chi connectivity index (χ3v) is 12.1. The molecule has 3 nitrogen and oxygen atoms in total. The van der Waals surface area contributed by atoms with Crippen molar-refractivity contribution in [1.82, 2.24) is 0 Å². The number of nitrogens with zero attached hydrogens (tertiary/aromatic N) is 1. The van der Waals surface area contributed by atoms with Gasteiger partial charge in [-0.15, -0.1) is 0 Å². The van der Waals surface area contributed by atoms with Gasteiger partial charge in [-0.1, -0.05) is 158 Å². The van der Waals surface area contributed by atoms with Crippen molar-refractivity contribution in [3.05, 3.63) is 224 Å². The average molecular weight is 780 g/mol. The first kappa shape index (κ1) is 34.9. The molecular formula is C58H37NO2. The number of para-hydroxylation sites is 1. The van der Waals surface area contributed by atoms with Gasteiger partial charge in [0.1, 0.15) is 22.3 Å². The van der Waals surface area contributed by atoms with Crippen LogP contribution in [0.1, 0.15) is 0 Å². The molecule has 0 spiro atoms. The van der Waals surface area contributed by atoms with Crippen LogP contribution in [0.2, 0.25) is 0 Å². The molecular weight excluding hydrogens is 743 g/mol. The normalized spacial score (nSPS) is 11.6. The average Bonchev–Trinajstić information content (AvgIpc) is 3.91. The maximum atomic E-state index is 6.78. The van der Waals surface area contributed by atoms with Crippen molar-refractivity contribution in [2.24, 2.45) is 0 Å². The van der Waals surface area contributed by atoms with Crippen LogP contribution in [0, 0.1) is 0 Å². The zero-order chi connectivity index (χ0) is 40.3. The highest BCUT2D eigenvalue weighted by Crippen LogP contribution is 2.47. The van der Waals surface area contributed by atoms with Gasteiger partial charge in [-0.05, 0) is 116 Å². The van der Waals surface area contributed by atoms with E-state index in [9.17, 15) is 0 Å². The molecule has 12 aromatic rings. The SMILES string of the molecule is c1ccc(-c2ccc3c(c2)oc2ccc(N(c4ccc(-c5ccc6cccc(-c7ccccc7)c6c5)cc4)c4ccc(-c5ccccc5)c5oc6ccccc6c45)cc23)cc1. The minimum absolute atomic E-state index is 0.851. The summed E-state index contributed by atoms with van der Waals surface area (Å²) in [5.41, 5.74) is 15.8. The van der Waals surface area contributed by atoms with Crippen molar-refractivity contribution >= 4 is 71.7 Å². The quantitative estimate of drug-likeness (QED) is 0.161. The van der Waals surface area contributed by atoms with Crippen LogP contribution >= 0.6 is 0 Å². The van der Waals surface area contributed by atoms with Gasteiger partial charge in [0.25, 0.3) is 0 Å². The van der Waals surface area contributed by atoms with Gasteiger partial charge in [0.05, 0.1) is 11.1 Å². The van der Waals surface area contributed by atoms with Gasteiger partial charge in [-0.3, -0.25) is 0 Å². The summed E-state index contributed by atoms with van der Waals surface area (Å²) in [4.78, 5) is 2.37. The molecule has 0 saturated heterocycles. The maximum absolute atomic E-state index is 6.78. The summed E-state index contributed by atoms with van der Waals surface area (Å²) in [6.07, 6.45) is 0. The second-order valence-corrected chi connectivity index (χ2v) is 15.6. The van der Waals surface area contributed by atoms with Crippen LogP contribution in [-0.4, -0.2) is 0 Å². The van der Waals surface area contributed by atoms with Crippen LogP contribution in [0.15, 0.2) is 233 Å². The molecule has 0 amide bonds. The molecule has 0 unspecified atom stereocenters. The lowest BCUT2D eigenvalue weighted by atomic mass is 9.94. The zero-order valence-electron chi connectivity index (χ0n) is 33.1. The lowest BCUT2D eigenvalue weighted by Crippen LogP contribution is -2.10. The van der Waals surface area contributed by atoms with Gasteiger partial charge in [0.2, 0.25) is 0 Å². The minimum atomic E-state index is 0.851. The molecule has 286 valence electrons. The Morgan fingerprint density at radius 3 is 1.70 bits per heavy atom. The number of furan rings is 2. The van der Waals surface area contributed by atoms with Crippen molar-refractivity contribution in [2.45, 2.75) is 0 Å². The molecule has 12 rings (SSSR count). The molecule has 10 aromatic carbocycles. The molecule has 0 saturated carbocycles. The number of fused-ring (bicyclic) bond motifs is 7. The van der Waals surface area contributed by atoms with Crippen LogP contribution in [0.25, 0.3) is 99.2 Å². The third kappa shape index (κ3) is 5.98. The van der Waals surface area contributed by atoms with Gasteiger partial charge in [-0.2, -0.15) is 0 Å². The van der Waals surface area contributed by atoms with Gasteiger partial charge >= 0.3 is 0 Å². The number of anilines is 3. The Bertz CT molecular complexity index is 3570. The maximum Gasteiger partial charge on any atom is 0.145 e. The third-order valence-electron chi connectivity index (χ3n) is 12.1. The Hall–Kier alpha value is -8.14. The first-order valence-electron chi connectivity index (χ1n) is 20.7. The molecule has 61 heavy (non-hydrogen) atoms. The molecule has 0 atom stereocenters. The van der Waals surface area contributed by atoms with E-state index in [-0.39, 0.29) is 0 Å². The van der Waals surface area contributed by atoms with Crippen molar-refractivity contribution < 1.29 is 8.83 Å². The van der Waals surface area contributed by atoms with Crippen LogP contribution in [0.3, 0.4) is 0 Å². The Kier molecular flexibility index (Phi) is 8.17. The van der Waals surface area contributed by atoms with Gasteiger partial charge < -0.3 is 13.7 Å². The zero-order valence-corrected chi connectivity index (χ0v) is 33.1. The topological polar surface area (TPSA) is 29.5 Å². The largest absolute Gasteiger partial charge is 0.456 e. The number of hydrogen-bond acceptors (Lipinski definition) is 3. The molecule has 0 bridgehead atoms. The second kappa shape index (κ2) is 14.3. The first-order chi connectivity index (χ1) is 30.2. The number of rotatable bonds is 7. The Morgan fingerprint density at radius 1 is 0.295 bits per heavy atom. The van der Waals surface area contributed by atoms with Crippen LogP contribution in [-0.2, 0) is 0 Å². The first-order valence-corrected chi connectivity index (χ1v) is 20.7. The van der Waals surface area contributed by atoms with E-state index in [1.807, 2.05) is 12.1 Å².